The molecular formula is C20H25N5O. The summed E-state index contributed by atoms with van der Waals surface area (Å²) in [4.78, 5) is 24.6. The molecule has 1 atom stereocenters. The van der Waals surface area contributed by atoms with Crippen LogP contribution in [0.3, 0.4) is 0 Å². The average Bonchev–Trinajstić information content (AvgIpc) is 3.31. The Morgan fingerprint density at radius 2 is 2.15 bits per heavy atom. The molecule has 6 heteroatoms. The van der Waals surface area contributed by atoms with Gasteiger partial charge in [0.25, 0.3) is 0 Å². The number of aromatic amines is 1. The molecule has 1 aliphatic carbocycles. The first kappa shape index (κ1) is 17.0. The Hall–Kier alpha value is -2.47. The molecule has 3 heterocycles. The van der Waals surface area contributed by atoms with Crippen LogP contribution in [0.4, 0.5) is 0 Å². The molecule has 26 heavy (non-hydrogen) atoms. The molecule has 4 rings (SSSR count). The van der Waals surface area contributed by atoms with Crippen LogP contribution in [0.5, 0.6) is 0 Å². The zero-order chi connectivity index (χ0) is 18.1. The SMILES string of the molecule is CC(N)C1CCC(C(=O)Cc2ccnc3[nH]c(-n4ccnc4)cc23)CC1. The number of nitrogens with two attached hydrogens (primary N) is 1. The minimum absolute atomic E-state index is 0.167. The number of H-pyrrole nitrogens is 1. The van der Waals surface area contributed by atoms with E-state index in [1.54, 1.807) is 18.7 Å². The van der Waals surface area contributed by atoms with Crippen molar-refractivity contribution < 1.29 is 4.79 Å². The van der Waals surface area contributed by atoms with Crippen molar-refractivity contribution in [1.29, 1.82) is 0 Å². The van der Waals surface area contributed by atoms with Gasteiger partial charge in [0.1, 0.15) is 23.6 Å². The highest BCUT2D eigenvalue weighted by atomic mass is 16.1. The molecule has 0 spiro atoms. The Morgan fingerprint density at radius 1 is 1.35 bits per heavy atom. The Labute approximate surface area is 152 Å². The van der Waals surface area contributed by atoms with Crippen molar-refractivity contribution in [2.75, 3.05) is 0 Å². The number of hydrogen-bond acceptors (Lipinski definition) is 4. The topological polar surface area (TPSA) is 89.6 Å². The van der Waals surface area contributed by atoms with E-state index < -0.39 is 0 Å². The first-order valence-electron chi connectivity index (χ1n) is 9.35. The number of nitrogens with zero attached hydrogens (tertiary/aromatic N) is 3. The molecule has 1 fully saturated rings. The molecule has 3 N–H and O–H groups in total. The van der Waals surface area contributed by atoms with Crippen LogP contribution in [0.15, 0.2) is 37.1 Å². The maximum absolute atomic E-state index is 12.8. The van der Waals surface area contributed by atoms with Crippen molar-refractivity contribution in [3.05, 3.63) is 42.6 Å². The summed E-state index contributed by atoms with van der Waals surface area (Å²) in [5.74, 6) is 1.97. The summed E-state index contributed by atoms with van der Waals surface area (Å²) in [6.45, 7) is 2.07. The largest absolute Gasteiger partial charge is 0.328 e. The van der Waals surface area contributed by atoms with E-state index in [0.29, 0.717) is 18.1 Å². The number of nitrogens with one attached hydrogen (secondary N) is 1. The predicted molar refractivity (Wildman–Crippen MR) is 101 cm³/mol. The van der Waals surface area contributed by atoms with Gasteiger partial charge < -0.3 is 10.7 Å². The molecule has 0 aromatic carbocycles. The summed E-state index contributed by atoms with van der Waals surface area (Å²) in [5, 5.41) is 1.01. The second-order valence-corrected chi connectivity index (χ2v) is 7.47. The lowest BCUT2D eigenvalue weighted by atomic mass is 9.76. The summed E-state index contributed by atoms with van der Waals surface area (Å²) in [6, 6.07) is 4.23. The van der Waals surface area contributed by atoms with Gasteiger partial charge in [-0.3, -0.25) is 9.36 Å². The van der Waals surface area contributed by atoms with Gasteiger partial charge in [-0.15, -0.1) is 0 Å². The van der Waals surface area contributed by atoms with Gasteiger partial charge in [0, 0.05) is 42.4 Å². The Morgan fingerprint density at radius 3 is 2.85 bits per heavy atom. The lowest BCUT2D eigenvalue weighted by Crippen LogP contribution is -2.32. The van der Waals surface area contributed by atoms with Crippen LogP contribution in [0.1, 0.15) is 38.2 Å². The van der Waals surface area contributed by atoms with Crippen molar-refractivity contribution in [2.45, 2.75) is 45.1 Å². The summed E-state index contributed by atoms with van der Waals surface area (Å²) in [5.41, 5.74) is 7.86. The number of fused-ring (bicyclic) bond motifs is 1. The van der Waals surface area contributed by atoms with Crippen LogP contribution in [0.2, 0.25) is 0 Å². The fourth-order valence-corrected chi connectivity index (χ4v) is 4.06. The molecule has 0 aliphatic heterocycles. The van der Waals surface area contributed by atoms with Gasteiger partial charge >= 0.3 is 0 Å². The first-order chi connectivity index (χ1) is 12.6. The van der Waals surface area contributed by atoms with Crippen LogP contribution in [-0.4, -0.2) is 31.3 Å². The highest BCUT2D eigenvalue weighted by molar-refractivity contribution is 5.90. The highest BCUT2D eigenvalue weighted by Gasteiger charge is 2.28. The van der Waals surface area contributed by atoms with Crippen LogP contribution in [0.25, 0.3) is 16.9 Å². The van der Waals surface area contributed by atoms with E-state index in [1.807, 2.05) is 22.9 Å². The van der Waals surface area contributed by atoms with Crippen LogP contribution < -0.4 is 5.73 Å². The van der Waals surface area contributed by atoms with Gasteiger partial charge in [-0.05, 0) is 56.2 Å². The number of hydrogen-bond donors (Lipinski definition) is 2. The summed E-state index contributed by atoms with van der Waals surface area (Å²) < 4.78 is 1.91. The van der Waals surface area contributed by atoms with Crippen molar-refractivity contribution in [3.8, 4) is 5.82 Å². The van der Waals surface area contributed by atoms with Gasteiger partial charge in [-0.1, -0.05) is 0 Å². The lowest BCUT2D eigenvalue weighted by Gasteiger charge is -2.30. The molecule has 0 radical (unpaired) electrons. The highest BCUT2D eigenvalue weighted by Crippen LogP contribution is 2.32. The second kappa shape index (κ2) is 7.03. The van der Waals surface area contributed by atoms with Crippen LogP contribution in [-0.2, 0) is 11.2 Å². The fourth-order valence-electron chi connectivity index (χ4n) is 4.06. The third-order valence-corrected chi connectivity index (χ3v) is 5.73. The number of ketones is 1. The number of rotatable bonds is 5. The van der Waals surface area contributed by atoms with Gasteiger partial charge in [0.15, 0.2) is 0 Å². The third kappa shape index (κ3) is 3.29. The maximum Gasteiger partial charge on any atom is 0.140 e. The molecule has 0 saturated heterocycles. The molecule has 136 valence electrons. The molecule has 3 aromatic heterocycles. The number of pyridine rings is 1. The minimum Gasteiger partial charge on any atom is -0.328 e. The molecule has 0 amide bonds. The lowest BCUT2D eigenvalue weighted by molar-refractivity contribution is -0.123. The fraction of sp³-hybridized carbons (Fsp3) is 0.450. The molecule has 3 aromatic rings. The Balaban J connectivity index is 1.51. The Bertz CT molecular complexity index is 888. The zero-order valence-corrected chi connectivity index (χ0v) is 15.1. The monoisotopic (exact) mass is 351 g/mol. The molecule has 1 saturated carbocycles. The van der Waals surface area contributed by atoms with E-state index in [9.17, 15) is 4.79 Å². The standard InChI is InChI=1S/C20H25N5O/c1-13(21)14-2-4-15(5-3-14)18(26)10-16-6-7-23-20-17(16)11-19(24-20)25-9-8-22-12-25/h6-9,11-15H,2-5,10,21H2,1H3,(H,23,24). The Kier molecular flexibility index (Phi) is 4.59. The van der Waals surface area contributed by atoms with E-state index in [-0.39, 0.29) is 12.0 Å². The van der Waals surface area contributed by atoms with Crippen molar-refractivity contribution in [2.24, 2.45) is 17.6 Å². The number of Topliss-reactive ketones (excluding diaryl/α,β-unsaturated/α-hetero) is 1. The minimum atomic E-state index is 0.167. The van der Waals surface area contributed by atoms with E-state index >= 15 is 0 Å². The number of aromatic nitrogens is 4. The van der Waals surface area contributed by atoms with E-state index in [2.05, 4.69) is 21.9 Å². The van der Waals surface area contributed by atoms with Gasteiger partial charge in [0.2, 0.25) is 0 Å². The number of carbonyl (C=O) groups excluding carboxylic acids is 1. The van der Waals surface area contributed by atoms with Gasteiger partial charge in [-0.25, -0.2) is 9.97 Å². The van der Waals surface area contributed by atoms with Crippen molar-refractivity contribution in [1.82, 2.24) is 19.5 Å². The maximum atomic E-state index is 12.8. The molecule has 1 unspecified atom stereocenters. The smallest absolute Gasteiger partial charge is 0.140 e. The summed E-state index contributed by atoms with van der Waals surface area (Å²) in [6.07, 6.45) is 11.7. The molecule has 0 bridgehead atoms. The summed E-state index contributed by atoms with van der Waals surface area (Å²) >= 11 is 0. The predicted octanol–water partition coefficient (Wildman–Crippen LogP) is 3.01. The molecular weight excluding hydrogens is 326 g/mol. The number of carbonyl (C=O) groups is 1. The van der Waals surface area contributed by atoms with Crippen LogP contribution in [0, 0.1) is 11.8 Å². The van der Waals surface area contributed by atoms with Crippen molar-refractivity contribution in [3.63, 3.8) is 0 Å². The quantitative estimate of drug-likeness (QED) is 0.739. The van der Waals surface area contributed by atoms with E-state index in [0.717, 1.165) is 48.1 Å². The zero-order valence-electron chi connectivity index (χ0n) is 15.1. The van der Waals surface area contributed by atoms with Gasteiger partial charge in [-0.2, -0.15) is 0 Å². The first-order valence-corrected chi connectivity index (χ1v) is 9.35. The second-order valence-electron chi connectivity index (χ2n) is 7.47. The van der Waals surface area contributed by atoms with Crippen LogP contribution >= 0.6 is 0 Å². The molecule has 6 nitrogen and oxygen atoms in total. The average molecular weight is 351 g/mol. The van der Waals surface area contributed by atoms with E-state index in [4.69, 9.17) is 5.73 Å². The van der Waals surface area contributed by atoms with Crippen molar-refractivity contribution >= 4 is 16.8 Å². The normalized spacial score (nSPS) is 21.8. The third-order valence-electron chi connectivity index (χ3n) is 5.73. The molecule has 1 aliphatic rings. The van der Waals surface area contributed by atoms with Gasteiger partial charge in [0.05, 0.1) is 0 Å². The summed E-state index contributed by atoms with van der Waals surface area (Å²) in [7, 11) is 0. The van der Waals surface area contributed by atoms with E-state index in [1.165, 1.54) is 0 Å². The number of imidazole rings is 1.